The van der Waals surface area contributed by atoms with E-state index in [0.29, 0.717) is 5.11 Å². The zero-order chi connectivity index (χ0) is 18.0. The maximum absolute atomic E-state index is 5.36. The number of nitrogens with zero attached hydrogens (tertiary/aromatic N) is 3. The minimum absolute atomic E-state index is 0.536. The topological polar surface area (TPSA) is 67.9 Å². The van der Waals surface area contributed by atoms with Gasteiger partial charge in [0.15, 0.2) is 5.11 Å². The van der Waals surface area contributed by atoms with Gasteiger partial charge in [0.25, 0.3) is 0 Å². The van der Waals surface area contributed by atoms with Crippen LogP contribution in [-0.4, -0.2) is 60.5 Å². The molecule has 2 aromatic rings. The van der Waals surface area contributed by atoms with Gasteiger partial charge in [-0.05, 0) is 24.4 Å². The molecule has 1 aliphatic heterocycles. The van der Waals surface area contributed by atoms with Crippen LogP contribution in [0.15, 0.2) is 47.8 Å². The molecule has 3 rings (SSSR count). The van der Waals surface area contributed by atoms with Crippen molar-refractivity contribution in [2.45, 2.75) is 6.42 Å². The molecule has 0 aliphatic carbocycles. The van der Waals surface area contributed by atoms with Crippen molar-refractivity contribution in [2.24, 2.45) is 5.10 Å². The van der Waals surface area contributed by atoms with Gasteiger partial charge in [0, 0.05) is 24.7 Å². The fourth-order valence-electron chi connectivity index (χ4n) is 2.78. The molecule has 1 aliphatic rings. The Morgan fingerprint density at radius 2 is 2.12 bits per heavy atom. The van der Waals surface area contributed by atoms with E-state index in [-0.39, 0.29) is 0 Å². The lowest BCUT2D eigenvalue weighted by molar-refractivity contribution is -0.908. The zero-order valence-electron chi connectivity index (χ0n) is 14.7. The first-order valence-electron chi connectivity index (χ1n) is 8.89. The minimum atomic E-state index is 0.536. The Hall–Kier alpha value is -2.29. The molecule has 0 spiro atoms. The zero-order valence-corrected chi connectivity index (χ0v) is 15.5. The monoisotopic (exact) mass is 373 g/mol. The van der Waals surface area contributed by atoms with Gasteiger partial charge in [-0.15, -0.1) is 0 Å². The van der Waals surface area contributed by atoms with E-state index in [1.54, 1.807) is 17.3 Å². The molecule has 7 nitrogen and oxygen atoms in total. The molecule has 1 aromatic heterocycles. The standard InChI is InChI=1S/C18H24N6OS/c26-18(19-7-4-8-23-9-11-25-12-10-23)22-20-13-16-14-21-24(15-16)17-5-2-1-3-6-17/h1-3,5-6,13-15H,4,7-12H2,(H2,19,22,26)/p+1/b20-13-. The van der Waals surface area contributed by atoms with Crippen LogP contribution in [0.1, 0.15) is 12.0 Å². The van der Waals surface area contributed by atoms with Crippen LogP contribution >= 0.6 is 12.2 Å². The van der Waals surface area contributed by atoms with E-state index in [9.17, 15) is 0 Å². The summed E-state index contributed by atoms with van der Waals surface area (Å²) in [4.78, 5) is 1.60. The molecule has 0 saturated carbocycles. The van der Waals surface area contributed by atoms with Gasteiger partial charge in [-0.25, -0.2) is 4.68 Å². The Balaban J connectivity index is 1.34. The lowest BCUT2D eigenvalue weighted by Gasteiger charge is -2.23. The number of quaternary nitrogens is 1. The van der Waals surface area contributed by atoms with Crippen LogP contribution in [0.2, 0.25) is 0 Å². The Labute approximate surface area is 159 Å². The number of hydrazone groups is 1. The Morgan fingerprint density at radius 1 is 1.31 bits per heavy atom. The van der Waals surface area contributed by atoms with Crippen LogP contribution in [0.5, 0.6) is 0 Å². The van der Waals surface area contributed by atoms with E-state index in [1.165, 1.54) is 0 Å². The lowest BCUT2D eigenvalue weighted by Crippen LogP contribution is -3.14. The summed E-state index contributed by atoms with van der Waals surface area (Å²) in [6, 6.07) is 9.96. The third-order valence-corrected chi connectivity index (χ3v) is 4.43. The predicted molar refractivity (Wildman–Crippen MR) is 106 cm³/mol. The third kappa shape index (κ3) is 5.91. The summed E-state index contributed by atoms with van der Waals surface area (Å²) in [5, 5.41) is 12.2. The number of ether oxygens (including phenoxy) is 1. The average Bonchev–Trinajstić information content (AvgIpc) is 3.16. The number of morpholine rings is 1. The van der Waals surface area contributed by atoms with Gasteiger partial charge >= 0.3 is 0 Å². The normalized spacial score (nSPS) is 15.2. The maximum Gasteiger partial charge on any atom is 0.186 e. The molecule has 26 heavy (non-hydrogen) atoms. The molecule has 3 N–H and O–H groups in total. The first kappa shape index (κ1) is 18.5. The van der Waals surface area contributed by atoms with Crippen LogP contribution in [0.25, 0.3) is 5.69 Å². The molecule has 0 unspecified atom stereocenters. The van der Waals surface area contributed by atoms with Crippen LogP contribution in [0, 0.1) is 0 Å². The van der Waals surface area contributed by atoms with Gasteiger partial charge in [-0.3, -0.25) is 5.43 Å². The van der Waals surface area contributed by atoms with Crippen molar-refractivity contribution in [2.75, 3.05) is 39.4 Å². The van der Waals surface area contributed by atoms with Gasteiger partial charge < -0.3 is 15.0 Å². The SMILES string of the molecule is S=C(NCCC[NH+]1CCOCC1)N/N=C\c1cnn(-c2ccccc2)c1. The second-order valence-electron chi connectivity index (χ2n) is 6.15. The Morgan fingerprint density at radius 3 is 2.92 bits per heavy atom. The molecule has 0 radical (unpaired) electrons. The smallest absolute Gasteiger partial charge is 0.186 e. The molecular formula is C18H25N6OS+. The molecule has 1 aromatic carbocycles. The molecule has 0 bridgehead atoms. The second kappa shape index (κ2) is 10.0. The molecule has 0 atom stereocenters. The lowest BCUT2D eigenvalue weighted by atomic mass is 10.3. The van der Waals surface area contributed by atoms with Crippen molar-refractivity contribution >= 4 is 23.5 Å². The third-order valence-electron chi connectivity index (χ3n) is 4.20. The van der Waals surface area contributed by atoms with Gasteiger partial charge in [-0.2, -0.15) is 10.2 Å². The van der Waals surface area contributed by atoms with Crippen LogP contribution in [0.4, 0.5) is 0 Å². The minimum Gasteiger partial charge on any atom is -0.370 e. The van der Waals surface area contributed by atoms with E-state index in [4.69, 9.17) is 17.0 Å². The summed E-state index contributed by atoms with van der Waals surface area (Å²) in [6.07, 6.45) is 6.46. The van der Waals surface area contributed by atoms with Crippen molar-refractivity contribution in [1.82, 2.24) is 20.5 Å². The summed E-state index contributed by atoms with van der Waals surface area (Å²) < 4.78 is 7.17. The highest BCUT2D eigenvalue weighted by Crippen LogP contribution is 2.06. The summed E-state index contributed by atoms with van der Waals surface area (Å²) >= 11 is 5.24. The van der Waals surface area contributed by atoms with Gasteiger partial charge in [-0.1, -0.05) is 18.2 Å². The maximum atomic E-state index is 5.36. The highest BCUT2D eigenvalue weighted by atomic mass is 32.1. The quantitative estimate of drug-likeness (QED) is 0.275. The number of nitrogens with one attached hydrogen (secondary N) is 3. The number of rotatable bonds is 7. The largest absolute Gasteiger partial charge is 0.370 e. The van der Waals surface area contributed by atoms with Crippen molar-refractivity contribution in [1.29, 1.82) is 0 Å². The molecular weight excluding hydrogens is 348 g/mol. The Kier molecular flexibility index (Phi) is 7.12. The summed E-state index contributed by atoms with van der Waals surface area (Å²) in [6.45, 7) is 5.93. The van der Waals surface area contributed by atoms with E-state index >= 15 is 0 Å². The van der Waals surface area contributed by atoms with Crippen molar-refractivity contribution < 1.29 is 9.64 Å². The number of benzene rings is 1. The van der Waals surface area contributed by atoms with Crippen molar-refractivity contribution in [3.63, 3.8) is 0 Å². The number of thiocarbonyl (C=S) groups is 1. The predicted octanol–water partition coefficient (Wildman–Crippen LogP) is -0.0245. The van der Waals surface area contributed by atoms with Gasteiger partial charge in [0.2, 0.25) is 0 Å². The van der Waals surface area contributed by atoms with E-state index < -0.39 is 0 Å². The summed E-state index contributed by atoms with van der Waals surface area (Å²) in [5.74, 6) is 0. The Bertz CT molecular complexity index is 711. The van der Waals surface area contributed by atoms with E-state index in [1.807, 2.05) is 41.2 Å². The van der Waals surface area contributed by atoms with Gasteiger partial charge in [0.05, 0.1) is 37.9 Å². The van der Waals surface area contributed by atoms with E-state index in [0.717, 1.165) is 57.1 Å². The number of aromatic nitrogens is 2. The average molecular weight is 374 g/mol. The first-order chi connectivity index (χ1) is 12.8. The molecule has 1 saturated heterocycles. The summed E-state index contributed by atoms with van der Waals surface area (Å²) in [5.41, 5.74) is 4.76. The number of hydrogen-bond donors (Lipinski definition) is 3. The molecule has 138 valence electrons. The van der Waals surface area contributed by atoms with Crippen LogP contribution in [0.3, 0.4) is 0 Å². The second-order valence-corrected chi connectivity index (χ2v) is 6.55. The summed E-state index contributed by atoms with van der Waals surface area (Å²) in [7, 11) is 0. The first-order valence-corrected chi connectivity index (χ1v) is 9.30. The van der Waals surface area contributed by atoms with Crippen molar-refractivity contribution in [3.05, 3.63) is 48.3 Å². The number of hydrogen-bond acceptors (Lipinski definition) is 4. The molecule has 0 amide bonds. The molecule has 8 heteroatoms. The van der Waals surface area contributed by atoms with Crippen LogP contribution < -0.4 is 15.6 Å². The van der Waals surface area contributed by atoms with Crippen molar-refractivity contribution in [3.8, 4) is 5.69 Å². The number of para-hydroxylation sites is 1. The highest BCUT2D eigenvalue weighted by molar-refractivity contribution is 7.80. The fourth-order valence-corrected chi connectivity index (χ4v) is 2.94. The van der Waals surface area contributed by atoms with Crippen LogP contribution in [-0.2, 0) is 4.74 Å². The fraction of sp³-hybridized carbons (Fsp3) is 0.389. The van der Waals surface area contributed by atoms with Gasteiger partial charge in [0.1, 0.15) is 13.1 Å². The highest BCUT2D eigenvalue weighted by Gasteiger charge is 2.12. The molecule has 1 fully saturated rings. The van der Waals surface area contributed by atoms with E-state index in [2.05, 4.69) is 20.9 Å². The molecule has 2 heterocycles.